The number of nitrogens with one attached hydrogen (secondary N) is 1. The molecule has 0 bridgehead atoms. The third-order valence-electron chi connectivity index (χ3n) is 4.67. The lowest BCUT2D eigenvalue weighted by Gasteiger charge is -2.28. The van der Waals surface area contributed by atoms with Crippen molar-refractivity contribution in [3.8, 4) is 23.7 Å². The van der Waals surface area contributed by atoms with Gasteiger partial charge in [0.05, 0.1) is 11.3 Å². The van der Waals surface area contributed by atoms with Crippen LogP contribution in [0.15, 0.2) is 53.6 Å². The van der Waals surface area contributed by atoms with Gasteiger partial charge in [0.2, 0.25) is 0 Å². The highest BCUT2D eigenvalue weighted by Crippen LogP contribution is 2.20. The monoisotopic (exact) mass is 342 g/mol. The van der Waals surface area contributed by atoms with E-state index in [0.717, 1.165) is 47.5 Å². The molecule has 2 aromatic heterocycles. The molecule has 1 aliphatic heterocycles. The summed E-state index contributed by atoms with van der Waals surface area (Å²) < 4.78 is 0. The van der Waals surface area contributed by atoms with Crippen molar-refractivity contribution in [2.24, 2.45) is 0 Å². The van der Waals surface area contributed by atoms with E-state index >= 15 is 0 Å². The zero-order valence-corrected chi connectivity index (χ0v) is 14.3. The number of hydrogen-bond donors (Lipinski definition) is 1. The predicted octanol–water partition coefficient (Wildman–Crippen LogP) is 2.37. The van der Waals surface area contributed by atoms with Gasteiger partial charge in [-0.2, -0.15) is 0 Å². The summed E-state index contributed by atoms with van der Waals surface area (Å²) in [5.74, 6) is 3.33. The number of pyridine rings is 1. The summed E-state index contributed by atoms with van der Waals surface area (Å²) in [6.45, 7) is 2.15. The molecular formula is C21H18N4O. The molecule has 0 spiro atoms. The zero-order chi connectivity index (χ0) is 17.9. The van der Waals surface area contributed by atoms with Crippen LogP contribution in [0.3, 0.4) is 0 Å². The summed E-state index contributed by atoms with van der Waals surface area (Å²) >= 11 is 0. The van der Waals surface area contributed by atoms with Crippen molar-refractivity contribution in [2.45, 2.75) is 19.5 Å². The van der Waals surface area contributed by atoms with Crippen molar-refractivity contribution in [3.63, 3.8) is 0 Å². The fraction of sp³-hybridized carbons (Fsp3) is 0.190. The molecule has 0 saturated carbocycles. The Bertz CT molecular complexity index is 1030. The highest BCUT2D eigenvalue weighted by molar-refractivity contribution is 5.54. The van der Waals surface area contributed by atoms with Crippen molar-refractivity contribution in [3.05, 3.63) is 81.5 Å². The van der Waals surface area contributed by atoms with E-state index in [0.29, 0.717) is 12.4 Å². The summed E-state index contributed by atoms with van der Waals surface area (Å²) in [6.07, 6.45) is 9.72. The van der Waals surface area contributed by atoms with Gasteiger partial charge in [-0.25, -0.2) is 4.98 Å². The molecule has 0 saturated heterocycles. The van der Waals surface area contributed by atoms with Crippen molar-refractivity contribution >= 4 is 0 Å². The highest BCUT2D eigenvalue weighted by atomic mass is 16.1. The van der Waals surface area contributed by atoms with Gasteiger partial charge in [0.1, 0.15) is 5.82 Å². The first-order valence-electron chi connectivity index (χ1n) is 8.54. The first kappa shape index (κ1) is 16.2. The van der Waals surface area contributed by atoms with Crippen molar-refractivity contribution in [1.29, 1.82) is 0 Å². The summed E-state index contributed by atoms with van der Waals surface area (Å²) in [7, 11) is 0. The molecule has 5 nitrogen and oxygen atoms in total. The molecule has 0 atom stereocenters. The number of benzene rings is 1. The molecule has 0 aliphatic carbocycles. The number of fused-ring (bicyclic) bond motifs is 1. The van der Waals surface area contributed by atoms with Gasteiger partial charge >= 0.3 is 0 Å². The molecule has 3 aromatic rings. The average Bonchev–Trinajstić information content (AvgIpc) is 2.69. The van der Waals surface area contributed by atoms with Crippen LogP contribution in [-0.2, 0) is 19.5 Å². The second-order valence-corrected chi connectivity index (χ2v) is 6.34. The molecule has 1 aromatic carbocycles. The van der Waals surface area contributed by atoms with E-state index in [1.54, 1.807) is 12.4 Å². The Morgan fingerprint density at radius 2 is 2.00 bits per heavy atom. The molecule has 1 N–H and O–H groups in total. The van der Waals surface area contributed by atoms with Gasteiger partial charge in [-0.3, -0.25) is 14.7 Å². The van der Waals surface area contributed by atoms with Crippen LogP contribution in [0.5, 0.6) is 0 Å². The Labute approximate surface area is 151 Å². The normalized spacial score (nSPS) is 13.8. The first-order chi connectivity index (χ1) is 12.7. The number of nitrogens with zero attached hydrogens (tertiary/aromatic N) is 3. The third-order valence-corrected chi connectivity index (χ3v) is 4.67. The van der Waals surface area contributed by atoms with E-state index in [1.165, 1.54) is 0 Å². The molecule has 3 heterocycles. The molecule has 0 unspecified atom stereocenters. The first-order valence-corrected chi connectivity index (χ1v) is 8.54. The van der Waals surface area contributed by atoms with E-state index in [2.05, 4.69) is 25.8 Å². The Morgan fingerprint density at radius 1 is 1.19 bits per heavy atom. The molecule has 0 fully saturated rings. The van der Waals surface area contributed by atoms with Gasteiger partial charge < -0.3 is 4.98 Å². The van der Waals surface area contributed by atoms with Crippen LogP contribution in [0, 0.1) is 12.3 Å². The molecule has 1 aliphatic rings. The van der Waals surface area contributed by atoms with E-state index < -0.39 is 0 Å². The SMILES string of the molecule is C#Cc1ccccc1CN1CCc2nc(-c3ccncc3)[nH]c(=O)c2C1. The van der Waals surface area contributed by atoms with Crippen LogP contribution in [0.1, 0.15) is 22.4 Å². The van der Waals surface area contributed by atoms with Crippen LogP contribution < -0.4 is 5.56 Å². The van der Waals surface area contributed by atoms with Crippen LogP contribution in [-0.4, -0.2) is 26.4 Å². The number of rotatable bonds is 3. The van der Waals surface area contributed by atoms with Gasteiger partial charge in [-0.1, -0.05) is 24.1 Å². The second-order valence-electron chi connectivity index (χ2n) is 6.34. The molecule has 26 heavy (non-hydrogen) atoms. The van der Waals surface area contributed by atoms with E-state index in [-0.39, 0.29) is 5.56 Å². The van der Waals surface area contributed by atoms with Gasteiger partial charge in [0.25, 0.3) is 5.56 Å². The molecule has 0 radical (unpaired) electrons. The van der Waals surface area contributed by atoms with Crippen molar-refractivity contribution < 1.29 is 0 Å². The molecular weight excluding hydrogens is 324 g/mol. The number of H-pyrrole nitrogens is 1. The number of aromatic amines is 1. The van der Waals surface area contributed by atoms with Crippen LogP contribution in [0.2, 0.25) is 0 Å². The largest absolute Gasteiger partial charge is 0.306 e. The Morgan fingerprint density at radius 3 is 2.81 bits per heavy atom. The zero-order valence-electron chi connectivity index (χ0n) is 14.3. The number of terminal acetylenes is 1. The molecule has 128 valence electrons. The van der Waals surface area contributed by atoms with Crippen LogP contribution in [0.25, 0.3) is 11.4 Å². The minimum Gasteiger partial charge on any atom is -0.306 e. The standard InChI is InChI=1S/C21H18N4O/c1-2-15-5-3-4-6-17(15)13-25-12-9-19-18(14-25)21(26)24-20(23-19)16-7-10-22-11-8-16/h1,3-8,10-11H,9,12-14H2,(H,23,24,26). The lowest BCUT2D eigenvalue weighted by molar-refractivity contribution is 0.241. The minimum atomic E-state index is -0.0725. The molecule has 4 rings (SSSR count). The number of aromatic nitrogens is 3. The predicted molar refractivity (Wildman–Crippen MR) is 100 cm³/mol. The van der Waals surface area contributed by atoms with Crippen LogP contribution in [0.4, 0.5) is 0 Å². The average molecular weight is 342 g/mol. The molecule has 5 heteroatoms. The maximum Gasteiger partial charge on any atom is 0.255 e. The number of hydrogen-bond acceptors (Lipinski definition) is 4. The highest BCUT2D eigenvalue weighted by Gasteiger charge is 2.22. The Balaban J connectivity index is 1.60. The van der Waals surface area contributed by atoms with Crippen molar-refractivity contribution in [2.75, 3.05) is 6.54 Å². The summed E-state index contributed by atoms with van der Waals surface area (Å²) in [6, 6.07) is 11.6. The molecule has 0 amide bonds. The minimum absolute atomic E-state index is 0.0725. The van der Waals surface area contributed by atoms with E-state index in [4.69, 9.17) is 6.42 Å². The fourth-order valence-corrected chi connectivity index (χ4v) is 3.30. The second kappa shape index (κ2) is 6.95. The van der Waals surface area contributed by atoms with Gasteiger partial charge in [0.15, 0.2) is 0 Å². The third kappa shape index (κ3) is 3.15. The van der Waals surface area contributed by atoms with E-state index in [9.17, 15) is 4.79 Å². The summed E-state index contributed by atoms with van der Waals surface area (Å²) in [5.41, 5.74) is 4.42. The van der Waals surface area contributed by atoms with Gasteiger partial charge in [0, 0.05) is 49.6 Å². The smallest absolute Gasteiger partial charge is 0.255 e. The maximum atomic E-state index is 12.6. The lowest BCUT2D eigenvalue weighted by atomic mass is 10.0. The van der Waals surface area contributed by atoms with Crippen LogP contribution >= 0.6 is 0 Å². The van der Waals surface area contributed by atoms with Gasteiger partial charge in [-0.15, -0.1) is 6.42 Å². The Hall–Kier alpha value is -3.23. The quantitative estimate of drug-likeness (QED) is 0.743. The fourth-order valence-electron chi connectivity index (χ4n) is 3.30. The van der Waals surface area contributed by atoms with Crippen molar-refractivity contribution in [1.82, 2.24) is 19.9 Å². The maximum absolute atomic E-state index is 12.6. The van der Waals surface area contributed by atoms with E-state index in [1.807, 2.05) is 36.4 Å². The lowest BCUT2D eigenvalue weighted by Crippen LogP contribution is -2.35. The van der Waals surface area contributed by atoms with Gasteiger partial charge in [-0.05, 0) is 23.8 Å². The summed E-state index contributed by atoms with van der Waals surface area (Å²) in [4.78, 5) is 26.4. The topological polar surface area (TPSA) is 61.9 Å². The summed E-state index contributed by atoms with van der Waals surface area (Å²) in [5, 5.41) is 0. The Kier molecular flexibility index (Phi) is 4.34.